The molecule has 2 aliphatic rings. The normalized spacial score (nSPS) is 17.2. The van der Waals surface area contributed by atoms with Crippen LogP contribution in [0, 0.1) is 5.92 Å². The molecule has 9 heteroatoms. The smallest absolute Gasteiger partial charge is 0.251 e. The standard InChI is InChI=1S/C22H22ClN3O5/c1-12(2)24-21(28)13-3-5-16(23)17(7-13)25-22(29)14-8-20(27)26(10-14)15-4-6-18-19(9-15)31-11-30-18/h3-7,9,12,14H,8,10-11H2,1-2H3,(H,24,28)(H,25,29)/t14-/m1/s1. The van der Waals surface area contributed by atoms with Gasteiger partial charge in [-0.25, -0.2) is 0 Å². The summed E-state index contributed by atoms with van der Waals surface area (Å²) in [7, 11) is 0. The van der Waals surface area contributed by atoms with E-state index in [4.69, 9.17) is 21.1 Å². The first-order valence-electron chi connectivity index (χ1n) is 9.93. The van der Waals surface area contributed by atoms with Crippen molar-refractivity contribution in [2.45, 2.75) is 26.3 Å². The minimum absolute atomic E-state index is 0.0205. The monoisotopic (exact) mass is 443 g/mol. The molecule has 2 heterocycles. The van der Waals surface area contributed by atoms with E-state index in [0.717, 1.165) is 0 Å². The number of hydrogen-bond donors (Lipinski definition) is 2. The van der Waals surface area contributed by atoms with Crippen molar-refractivity contribution in [1.29, 1.82) is 0 Å². The zero-order valence-electron chi connectivity index (χ0n) is 17.1. The van der Waals surface area contributed by atoms with Crippen LogP contribution in [-0.4, -0.2) is 37.1 Å². The van der Waals surface area contributed by atoms with Crippen LogP contribution in [0.1, 0.15) is 30.6 Å². The predicted molar refractivity (Wildman–Crippen MR) is 116 cm³/mol. The van der Waals surface area contributed by atoms with Gasteiger partial charge >= 0.3 is 0 Å². The molecule has 2 aromatic rings. The summed E-state index contributed by atoms with van der Waals surface area (Å²) in [5.41, 5.74) is 1.37. The molecule has 1 fully saturated rings. The van der Waals surface area contributed by atoms with Crippen LogP contribution in [0.25, 0.3) is 0 Å². The minimum atomic E-state index is -0.554. The number of halogens is 1. The van der Waals surface area contributed by atoms with Crippen LogP contribution in [-0.2, 0) is 9.59 Å². The maximum Gasteiger partial charge on any atom is 0.251 e. The van der Waals surface area contributed by atoms with Crippen molar-refractivity contribution >= 4 is 40.7 Å². The molecule has 31 heavy (non-hydrogen) atoms. The van der Waals surface area contributed by atoms with E-state index in [2.05, 4.69) is 10.6 Å². The summed E-state index contributed by atoms with van der Waals surface area (Å²) in [5.74, 6) is -0.105. The van der Waals surface area contributed by atoms with Crippen LogP contribution in [0.3, 0.4) is 0 Å². The van der Waals surface area contributed by atoms with E-state index in [1.807, 2.05) is 13.8 Å². The number of fused-ring (bicyclic) bond motifs is 1. The predicted octanol–water partition coefficient (Wildman–Crippen LogP) is 3.20. The van der Waals surface area contributed by atoms with Crippen LogP contribution in [0.5, 0.6) is 11.5 Å². The van der Waals surface area contributed by atoms with Crippen LogP contribution < -0.4 is 25.0 Å². The molecule has 8 nitrogen and oxygen atoms in total. The van der Waals surface area contributed by atoms with E-state index >= 15 is 0 Å². The first-order chi connectivity index (χ1) is 14.8. The summed E-state index contributed by atoms with van der Waals surface area (Å²) in [6, 6.07) is 9.90. The van der Waals surface area contributed by atoms with Gasteiger partial charge in [0.25, 0.3) is 5.91 Å². The maximum absolute atomic E-state index is 12.8. The lowest BCUT2D eigenvalue weighted by Gasteiger charge is -2.17. The second kappa shape index (κ2) is 8.47. The minimum Gasteiger partial charge on any atom is -0.454 e. The molecule has 2 aliphatic heterocycles. The molecule has 0 bridgehead atoms. The van der Waals surface area contributed by atoms with Gasteiger partial charge < -0.3 is 25.0 Å². The van der Waals surface area contributed by atoms with Gasteiger partial charge in [-0.1, -0.05) is 11.6 Å². The van der Waals surface area contributed by atoms with E-state index in [1.54, 1.807) is 35.2 Å². The number of ether oxygens (including phenoxy) is 2. The third-order valence-electron chi connectivity index (χ3n) is 5.07. The van der Waals surface area contributed by atoms with Crippen molar-refractivity contribution in [3.05, 3.63) is 47.0 Å². The van der Waals surface area contributed by atoms with Crippen molar-refractivity contribution in [3.8, 4) is 11.5 Å². The van der Waals surface area contributed by atoms with Crippen LogP contribution >= 0.6 is 11.6 Å². The number of nitrogens with one attached hydrogen (secondary N) is 2. The summed E-state index contributed by atoms with van der Waals surface area (Å²) >= 11 is 6.22. The molecule has 0 aliphatic carbocycles. The summed E-state index contributed by atoms with van der Waals surface area (Å²) in [6.07, 6.45) is 0.0748. The second-order valence-corrected chi connectivity index (χ2v) is 8.16. The van der Waals surface area contributed by atoms with E-state index in [-0.39, 0.29) is 43.5 Å². The molecule has 0 aromatic heterocycles. The number of anilines is 2. The SMILES string of the molecule is CC(C)NC(=O)c1ccc(Cl)c(NC(=O)[C@@H]2CC(=O)N(c3ccc4c(c3)OCO4)C2)c1. The molecule has 3 amide bonds. The van der Waals surface area contributed by atoms with Gasteiger partial charge in [0.05, 0.1) is 16.6 Å². The lowest BCUT2D eigenvalue weighted by atomic mass is 10.1. The maximum atomic E-state index is 12.8. The molecular weight excluding hydrogens is 422 g/mol. The highest BCUT2D eigenvalue weighted by Crippen LogP contribution is 2.37. The summed E-state index contributed by atoms with van der Waals surface area (Å²) < 4.78 is 10.7. The van der Waals surface area contributed by atoms with Gasteiger partial charge in [0, 0.05) is 36.3 Å². The summed E-state index contributed by atoms with van der Waals surface area (Å²) in [4.78, 5) is 39.2. The number of rotatable bonds is 5. The quantitative estimate of drug-likeness (QED) is 0.739. The Kier molecular flexibility index (Phi) is 5.73. The Hall–Kier alpha value is -3.26. The molecule has 0 saturated carbocycles. The molecule has 0 spiro atoms. The first kappa shape index (κ1) is 21.0. The highest BCUT2D eigenvalue weighted by Gasteiger charge is 2.36. The fourth-order valence-corrected chi connectivity index (χ4v) is 3.69. The largest absolute Gasteiger partial charge is 0.454 e. The van der Waals surface area contributed by atoms with Crippen molar-refractivity contribution in [1.82, 2.24) is 5.32 Å². The number of hydrogen-bond acceptors (Lipinski definition) is 5. The van der Waals surface area contributed by atoms with Gasteiger partial charge in [-0.15, -0.1) is 0 Å². The van der Waals surface area contributed by atoms with Gasteiger partial charge in [-0.2, -0.15) is 0 Å². The van der Waals surface area contributed by atoms with E-state index in [1.165, 1.54) is 6.07 Å². The molecule has 1 atom stereocenters. The zero-order chi connectivity index (χ0) is 22.1. The van der Waals surface area contributed by atoms with Gasteiger partial charge in [-0.05, 0) is 44.2 Å². The number of benzene rings is 2. The lowest BCUT2D eigenvalue weighted by molar-refractivity contribution is -0.122. The number of carbonyl (C=O) groups excluding carboxylic acids is 3. The van der Waals surface area contributed by atoms with Gasteiger partial charge in [0.15, 0.2) is 11.5 Å². The molecule has 4 rings (SSSR count). The lowest BCUT2D eigenvalue weighted by Crippen LogP contribution is -2.30. The Bertz CT molecular complexity index is 1060. The second-order valence-electron chi connectivity index (χ2n) is 7.75. The third-order valence-corrected chi connectivity index (χ3v) is 5.40. The highest BCUT2D eigenvalue weighted by molar-refractivity contribution is 6.34. The van der Waals surface area contributed by atoms with Crippen molar-refractivity contribution < 1.29 is 23.9 Å². The van der Waals surface area contributed by atoms with Crippen LogP contribution in [0.2, 0.25) is 5.02 Å². The average Bonchev–Trinajstić information content (AvgIpc) is 3.34. The molecule has 162 valence electrons. The Morgan fingerprint density at radius 1 is 1.13 bits per heavy atom. The summed E-state index contributed by atoms with van der Waals surface area (Å²) in [6.45, 7) is 4.10. The Balaban J connectivity index is 1.46. The Morgan fingerprint density at radius 2 is 1.90 bits per heavy atom. The van der Waals surface area contributed by atoms with Gasteiger partial charge in [0.2, 0.25) is 18.6 Å². The molecular formula is C22H22ClN3O5. The molecule has 0 radical (unpaired) electrons. The van der Waals surface area contributed by atoms with Gasteiger partial charge in [0.1, 0.15) is 0 Å². The van der Waals surface area contributed by atoms with E-state index in [9.17, 15) is 14.4 Å². The average molecular weight is 444 g/mol. The fourth-order valence-electron chi connectivity index (χ4n) is 3.53. The topological polar surface area (TPSA) is 97.0 Å². The molecule has 0 unspecified atom stereocenters. The Labute approximate surface area is 184 Å². The number of amides is 3. The van der Waals surface area contributed by atoms with Crippen molar-refractivity contribution in [3.63, 3.8) is 0 Å². The Morgan fingerprint density at radius 3 is 2.68 bits per heavy atom. The van der Waals surface area contributed by atoms with E-state index in [0.29, 0.717) is 33.5 Å². The highest BCUT2D eigenvalue weighted by atomic mass is 35.5. The van der Waals surface area contributed by atoms with Crippen molar-refractivity contribution in [2.24, 2.45) is 5.92 Å². The molecule has 2 N–H and O–H groups in total. The number of nitrogens with zero attached hydrogens (tertiary/aromatic N) is 1. The zero-order valence-corrected chi connectivity index (χ0v) is 17.9. The van der Waals surface area contributed by atoms with Crippen LogP contribution in [0.15, 0.2) is 36.4 Å². The molecule has 2 aromatic carbocycles. The van der Waals surface area contributed by atoms with Crippen molar-refractivity contribution in [2.75, 3.05) is 23.6 Å². The summed E-state index contributed by atoms with van der Waals surface area (Å²) in [5, 5.41) is 5.87. The van der Waals surface area contributed by atoms with E-state index < -0.39 is 5.92 Å². The van der Waals surface area contributed by atoms with Gasteiger partial charge in [-0.3, -0.25) is 14.4 Å². The number of carbonyl (C=O) groups is 3. The first-order valence-corrected chi connectivity index (χ1v) is 10.3. The molecule has 1 saturated heterocycles. The third kappa shape index (κ3) is 4.44. The fraction of sp³-hybridized carbons (Fsp3) is 0.318. The van der Waals surface area contributed by atoms with Crippen LogP contribution in [0.4, 0.5) is 11.4 Å².